The number of aryl methyl sites for hydroxylation is 2. The Morgan fingerprint density at radius 3 is 2.64 bits per heavy atom. The van der Waals surface area contributed by atoms with Crippen LogP contribution in [0.3, 0.4) is 0 Å². The van der Waals surface area contributed by atoms with Crippen molar-refractivity contribution in [1.29, 1.82) is 0 Å². The fourth-order valence-electron chi connectivity index (χ4n) is 2.15. The summed E-state index contributed by atoms with van der Waals surface area (Å²) in [6.45, 7) is 7.09. The summed E-state index contributed by atoms with van der Waals surface area (Å²) in [6, 6.07) is 3.45. The summed E-state index contributed by atoms with van der Waals surface area (Å²) >= 11 is 0. The average Bonchev–Trinajstić information content (AvgIpc) is 2.86. The van der Waals surface area contributed by atoms with E-state index in [0.29, 0.717) is 43.5 Å². The first-order valence-corrected chi connectivity index (χ1v) is 7.88. The molecule has 0 aliphatic rings. The number of aromatic nitrogens is 1. The molecular weight excluding hydrogens is 441 g/mol. The fraction of sp³-hybridized carbons (Fsp3) is 0.412. The summed E-state index contributed by atoms with van der Waals surface area (Å²) < 4.78 is 32.2. The summed E-state index contributed by atoms with van der Waals surface area (Å²) in [7, 11) is 0. The number of aliphatic imine (C=N–C) groups is 1. The SMILES string of the molecule is CCNC(=NCc1nc(C)c(C)o1)NCCc1cc(F)ccc1F.I. The van der Waals surface area contributed by atoms with Crippen molar-refractivity contribution >= 4 is 29.9 Å². The molecule has 1 heterocycles. The van der Waals surface area contributed by atoms with E-state index in [0.717, 1.165) is 23.6 Å². The van der Waals surface area contributed by atoms with Gasteiger partial charge in [0.25, 0.3) is 0 Å². The number of oxazole rings is 1. The lowest BCUT2D eigenvalue weighted by atomic mass is 10.1. The fourth-order valence-corrected chi connectivity index (χ4v) is 2.15. The highest BCUT2D eigenvalue weighted by Crippen LogP contribution is 2.10. The molecule has 0 saturated heterocycles. The van der Waals surface area contributed by atoms with Gasteiger partial charge in [0.15, 0.2) is 5.96 Å². The Hall–Kier alpha value is -1.71. The van der Waals surface area contributed by atoms with Crippen molar-refractivity contribution in [2.75, 3.05) is 13.1 Å². The Morgan fingerprint density at radius 1 is 1.24 bits per heavy atom. The number of halogens is 3. The predicted octanol–water partition coefficient (Wildman–Crippen LogP) is 3.49. The minimum Gasteiger partial charge on any atom is -0.444 e. The lowest BCUT2D eigenvalue weighted by Crippen LogP contribution is -2.38. The molecule has 0 radical (unpaired) electrons. The molecule has 0 amide bonds. The molecule has 0 aliphatic heterocycles. The van der Waals surface area contributed by atoms with Crippen LogP contribution >= 0.6 is 24.0 Å². The molecule has 0 spiro atoms. The molecular formula is C17H23F2IN4O. The van der Waals surface area contributed by atoms with Crippen molar-refractivity contribution < 1.29 is 13.2 Å². The maximum atomic E-state index is 13.6. The highest BCUT2D eigenvalue weighted by atomic mass is 127. The molecule has 0 bridgehead atoms. The van der Waals surface area contributed by atoms with Crippen LogP contribution in [0.4, 0.5) is 8.78 Å². The largest absolute Gasteiger partial charge is 0.444 e. The van der Waals surface area contributed by atoms with Crippen molar-refractivity contribution in [3.05, 3.63) is 52.7 Å². The molecule has 0 aliphatic carbocycles. The van der Waals surface area contributed by atoms with Crippen molar-refractivity contribution in [2.45, 2.75) is 33.7 Å². The van der Waals surface area contributed by atoms with Gasteiger partial charge in [-0.2, -0.15) is 0 Å². The van der Waals surface area contributed by atoms with E-state index in [1.54, 1.807) is 0 Å². The molecule has 2 rings (SSSR count). The van der Waals surface area contributed by atoms with Gasteiger partial charge < -0.3 is 15.1 Å². The van der Waals surface area contributed by atoms with Crippen LogP contribution in [0.1, 0.15) is 29.8 Å². The number of nitrogens with zero attached hydrogens (tertiary/aromatic N) is 2. The maximum Gasteiger partial charge on any atom is 0.216 e. The third-order valence-corrected chi connectivity index (χ3v) is 3.48. The van der Waals surface area contributed by atoms with Gasteiger partial charge >= 0.3 is 0 Å². The summed E-state index contributed by atoms with van der Waals surface area (Å²) in [5.41, 5.74) is 1.18. The molecule has 0 unspecified atom stereocenters. The number of benzene rings is 1. The molecule has 25 heavy (non-hydrogen) atoms. The van der Waals surface area contributed by atoms with E-state index in [1.165, 1.54) is 6.07 Å². The number of hydrogen-bond acceptors (Lipinski definition) is 3. The van der Waals surface area contributed by atoms with Crippen LogP contribution < -0.4 is 10.6 Å². The lowest BCUT2D eigenvalue weighted by molar-refractivity contribution is 0.473. The standard InChI is InChI=1S/C17H22F2N4O.HI/c1-4-20-17(22-10-16-23-11(2)12(3)24-16)21-8-7-13-9-14(18)5-6-15(13)19;/h5-6,9H,4,7-8,10H2,1-3H3,(H2,20,21,22);1H. The maximum absolute atomic E-state index is 13.6. The van der Waals surface area contributed by atoms with Gasteiger partial charge in [0.2, 0.25) is 5.89 Å². The number of nitrogens with one attached hydrogen (secondary N) is 2. The van der Waals surface area contributed by atoms with Crippen LogP contribution in [0.2, 0.25) is 0 Å². The van der Waals surface area contributed by atoms with Gasteiger partial charge in [-0.3, -0.25) is 0 Å². The van der Waals surface area contributed by atoms with Crippen molar-refractivity contribution in [1.82, 2.24) is 15.6 Å². The van der Waals surface area contributed by atoms with Gasteiger partial charge in [0, 0.05) is 13.1 Å². The first-order chi connectivity index (χ1) is 11.5. The zero-order valence-electron chi connectivity index (χ0n) is 14.5. The van der Waals surface area contributed by atoms with E-state index in [1.807, 2.05) is 20.8 Å². The van der Waals surface area contributed by atoms with Crippen molar-refractivity contribution in [2.24, 2.45) is 4.99 Å². The molecule has 1 aromatic carbocycles. The summed E-state index contributed by atoms with van der Waals surface area (Å²) in [6.07, 6.45) is 0.352. The van der Waals surface area contributed by atoms with Gasteiger partial charge in [0.1, 0.15) is 23.9 Å². The topological polar surface area (TPSA) is 62.5 Å². The van der Waals surface area contributed by atoms with Crippen LogP contribution in [0, 0.1) is 25.5 Å². The minimum absolute atomic E-state index is 0. The second kappa shape index (κ2) is 10.3. The Labute approximate surface area is 163 Å². The van der Waals surface area contributed by atoms with Crippen LogP contribution in [-0.2, 0) is 13.0 Å². The summed E-state index contributed by atoms with van der Waals surface area (Å²) in [5, 5.41) is 6.18. The van der Waals surface area contributed by atoms with Crippen molar-refractivity contribution in [3.63, 3.8) is 0 Å². The zero-order chi connectivity index (χ0) is 17.5. The predicted molar refractivity (Wildman–Crippen MR) is 104 cm³/mol. The average molecular weight is 464 g/mol. The highest BCUT2D eigenvalue weighted by Gasteiger charge is 2.07. The first-order valence-electron chi connectivity index (χ1n) is 7.88. The molecule has 1 aromatic heterocycles. The number of hydrogen-bond donors (Lipinski definition) is 2. The van der Waals surface area contributed by atoms with Gasteiger partial charge in [0.05, 0.1) is 5.69 Å². The normalized spacial score (nSPS) is 11.2. The van der Waals surface area contributed by atoms with E-state index in [9.17, 15) is 8.78 Å². The molecule has 2 N–H and O–H groups in total. The molecule has 0 fully saturated rings. The first kappa shape index (κ1) is 21.3. The molecule has 8 heteroatoms. The number of guanidine groups is 1. The zero-order valence-corrected chi connectivity index (χ0v) is 16.9. The van der Waals surface area contributed by atoms with Crippen LogP contribution in [0.15, 0.2) is 27.6 Å². The Bertz CT molecular complexity index is 699. The van der Waals surface area contributed by atoms with Crippen molar-refractivity contribution in [3.8, 4) is 0 Å². The Kier molecular flexibility index (Phi) is 8.81. The third kappa shape index (κ3) is 6.60. The van der Waals surface area contributed by atoms with Crippen LogP contribution in [0.25, 0.3) is 0 Å². The van der Waals surface area contributed by atoms with E-state index in [2.05, 4.69) is 20.6 Å². The smallest absolute Gasteiger partial charge is 0.216 e. The van der Waals surface area contributed by atoms with E-state index in [4.69, 9.17) is 4.42 Å². The monoisotopic (exact) mass is 464 g/mol. The Morgan fingerprint density at radius 2 is 2.00 bits per heavy atom. The van der Waals surface area contributed by atoms with Crippen LogP contribution in [0.5, 0.6) is 0 Å². The van der Waals surface area contributed by atoms with E-state index in [-0.39, 0.29) is 24.0 Å². The van der Waals surface area contributed by atoms with E-state index >= 15 is 0 Å². The summed E-state index contributed by atoms with van der Waals surface area (Å²) in [4.78, 5) is 8.65. The van der Waals surface area contributed by atoms with Gasteiger partial charge in [-0.05, 0) is 51.0 Å². The molecule has 5 nitrogen and oxygen atoms in total. The summed E-state index contributed by atoms with van der Waals surface area (Å²) in [5.74, 6) is 1.04. The second-order valence-electron chi connectivity index (χ2n) is 5.36. The van der Waals surface area contributed by atoms with Gasteiger partial charge in [-0.1, -0.05) is 0 Å². The van der Waals surface area contributed by atoms with Gasteiger partial charge in [-0.25, -0.2) is 18.8 Å². The van der Waals surface area contributed by atoms with Gasteiger partial charge in [-0.15, -0.1) is 24.0 Å². The van der Waals surface area contributed by atoms with E-state index < -0.39 is 11.6 Å². The molecule has 0 atom stereocenters. The molecule has 2 aromatic rings. The van der Waals surface area contributed by atoms with Crippen LogP contribution in [-0.4, -0.2) is 24.0 Å². The second-order valence-corrected chi connectivity index (χ2v) is 5.36. The highest BCUT2D eigenvalue weighted by molar-refractivity contribution is 14.0. The number of rotatable bonds is 6. The Balaban J connectivity index is 0.00000312. The molecule has 138 valence electrons. The third-order valence-electron chi connectivity index (χ3n) is 3.48. The minimum atomic E-state index is -0.443. The lowest BCUT2D eigenvalue weighted by Gasteiger charge is -2.11. The quantitative estimate of drug-likeness (QED) is 0.391. The molecule has 0 saturated carbocycles.